The Morgan fingerprint density at radius 3 is 2.19 bits per heavy atom. The van der Waals surface area contributed by atoms with E-state index >= 15 is 0 Å². The lowest BCUT2D eigenvalue weighted by Gasteiger charge is -2.12. The van der Waals surface area contributed by atoms with Gasteiger partial charge in [0.1, 0.15) is 0 Å². The highest BCUT2D eigenvalue weighted by Gasteiger charge is 2.14. The number of halogens is 1. The fourth-order valence-electron chi connectivity index (χ4n) is 1.82. The summed E-state index contributed by atoms with van der Waals surface area (Å²) >= 11 is 5.82. The molecule has 0 aliphatic carbocycles. The van der Waals surface area contributed by atoms with E-state index < -0.39 is 10.0 Å². The van der Waals surface area contributed by atoms with Gasteiger partial charge >= 0.3 is 0 Å². The molecule has 4 nitrogen and oxygen atoms in total. The van der Waals surface area contributed by atoms with Crippen molar-refractivity contribution in [1.29, 1.82) is 0 Å². The molecule has 0 saturated carbocycles. The van der Waals surface area contributed by atoms with E-state index in [2.05, 4.69) is 10.0 Å². The minimum absolute atomic E-state index is 0.138. The van der Waals surface area contributed by atoms with Crippen molar-refractivity contribution >= 4 is 33.0 Å². The zero-order valence-electron chi connectivity index (χ0n) is 11.8. The van der Waals surface area contributed by atoms with Gasteiger partial charge in [0.2, 0.25) is 0 Å². The highest BCUT2D eigenvalue weighted by Crippen LogP contribution is 2.20. The third kappa shape index (κ3) is 4.37. The molecule has 0 atom stereocenters. The molecule has 0 aromatic heterocycles. The molecule has 2 rings (SSSR count). The Morgan fingerprint density at radius 1 is 1.00 bits per heavy atom. The van der Waals surface area contributed by atoms with Gasteiger partial charge in [-0.3, -0.25) is 4.72 Å². The van der Waals surface area contributed by atoms with Crippen LogP contribution in [-0.2, 0) is 10.0 Å². The fraction of sp³-hybridized carbons (Fsp3) is 0.200. The van der Waals surface area contributed by atoms with E-state index in [-0.39, 0.29) is 4.90 Å². The van der Waals surface area contributed by atoms with Crippen molar-refractivity contribution in [1.82, 2.24) is 0 Å². The van der Waals surface area contributed by atoms with Crippen LogP contribution in [0, 0.1) is 0 Å². The number of sulfonamides is 1. The maximum atomic E-state index is 12.2. The van der Waals surface area contributed by atoms with Crippen LogP contribution in [0.1, 0.15) is 13.8 Å². The summed E-state index contributed by atoms with van der Waals surface area (Å²) in [5, 5.41) is 3.62. The molecule has 0 spiro atoms. The first-order valence-corrected chi connectivity index (χ1v) is 8.38. The molecular weight excluding hydrogens is 308 g/mol. The van der Waals surface area contributed by atoms with E-state index in [0.717, 1.165) is 5.69 Å². The van der Waals surface area contributed by atoms with Gasteiger partial charge in [0.25, 0.3) is 10.0 Å². The molecule has 6 heteroatoms. The Hall–Kier alpha value is -1.72. The normalized spacial score (nSPS) is 11.4. The van der Waals surface area contributed by atoms with Gasteiger partial charge < -0.3 is 5.32 Å². The quantitative estimate of drug-likeness (QED) is 0.875. The van der Waals surface area contributed by atoms with E-state index in [1.165, 1.54) is 12.1 Å². The van der Waals surface area contributed by atoms with Crippen molar-refractivity contribution in [2.45, 2.75) is 24.8 Å². The van der Waals surface area contributed by atoms with Gasteiger partial charge in [-0.2, -0.15) is 0 Å². The molecule has 2 aromatic carbocycles. The first-order valence-electron chi connectivity index (χ1n) is 6.52. The summed E-state index contributed by atoms with van der Waals surface area (Å²) in [4.78, 5) is 0.138. The second kappa shape index (κ2) is 6.37. The third-order valence-electron chi connectivity index (χ3n) is 2.70. The van der Waals surface area contributed by atoms with Crippen LogP contribution in [0.5, 0.6) is 0 Å². The van der Waals surface area contributed by atoms with Gasteiger partial charge in [-0.05, 0) is 56.3 Å². The Labute approximate surface area is 130 Å². The number of hydrogen-bond acceptors (Lipinski definition) is 3. The topological polar surface area (TPSA) is 58.2 Å². The Bertz CT molecular complexity index is 713. The molecular formula is C15H17ClN2O2S. The van der Waals surface area contributed by atoms with Crippen LogP contribution >= 0.6 is 11.6 Å². The molecule has 0 aliphatic rings. The number of nitrogens with one attached hydrogen (secondary N) is 2. The van der Waals surface area contributed by atoms with Crippen molar-refractivity contribution in [3.05, 3.63) is 53.6 Å². The standard InChI is InChI=1S/C15H17ClN2O2S/c1-11(2)17-13-6-8-14(9-7-13)18-21(19,20)15-5-3-4-12(16)10-15/h3-11,17-18H,1-2H3. The van der Waals surface area contributed by atoms with Gasteiger partial charge in [-0.15, -0.1) is 0 Å². The van der Waals surface area contributed by atoms with E-state index in [4.69, 9.17) is 11.6 Å². The van der Waals surface area contributed by atoms with Gasteiger partial charge in [0.15, 0.2) is 0 Å². The lowest BCUT2D eigenvalue weighted by atomic mass is 10.2. The SMILES string of the molecule is CC(C)Nc1ccc(NS(=O)(=O)c2cccc(Cl)c2)cc1. The molecule has 0 heterocycles. The predicted molar refractivity (Wildman–Crippen MR) is 87.5 cm³/mol. The van der Waals surface area contributed by atoms with E-state index in [1.54, 1.807) is 24.3 Å². The number of hydrogen-bond donors (Lipinski definition) is 2. The molecule has 0 unspecified atom stereocenters. The maximum Gasteiger partial charge on any atom is 0.261 e. The third-order valence-corrected chi connectivity index (χ3v) is 4.31. The van der Waals surface area contributed by atoms with Crippen LogP contribution in [-0.4, -0.2) is 14.5 Å². The van der Waals surface area contributed by atoms with E-state index in [0.29, 0.717) is 16.8 Å². The number of anilines is 2. The van der Waals surface area contributed by atoms with Crippen LogP contribution in [0.2, 0.25) is 5.02 Å². The van der Waals surface area contributed by atoms with Crippen molar-refractivity contribution in [3.8, 4) is 0 Å². The summed E-state index contributed by atoms with van der Waals surface area (Å²) in [5.41, 5.74) is 1.44. The van der Waals surface area contributed by atoms with Gasteiger partial charge in [0.05, 0.1) is 4.90 Å². The summed E-state index contributed by atoms with van der Waals surface area (Å²) in [6.45, 7) is 4.07. The molecule has 0 fully saturated rings. The lowest BCUT2D eigenvalue weighted by Crippen LogP contribution is -2.13. The molecule has 21 heavy (non-hydrogen) atoms. The Kier molecular flexibility index (Phi) is 4.75. The van der Waals surface area contributed by atoms with Crippen molar-refractivity contribution in [3.63, 3.8) is 0 Å². The summed E-state index contributed by atoms with van der Waals surface area (Å²) in [7, 11) is -3.63. The maximum absolute atomic E-state index is 12.2. The second-order valence-corrected chi connectivity index (χ2v) is 7.06. The van der Waals surface area contributed by atoms with Crippen LogP contribution in [0.4, 0.5) is 11.4 Å². The molecule has 112 valence electrons. The van der Waals surface area contributed by atoms with Crippen LogP contribution in [0.15, 0.2) is 53.4 Å². The molecule has 0 aliphatic heterocycles. The van der Waals surface area contributed by atoms with E-state index in [1.807, 2.05) is 26.0 Å². The molecule has 2 aromatic rings. The first kappa shape index (κ1) is 15.7. The van der Waals surface area contributed by atoms with Crippen molar-refractivity contribution in [2.75, 3.05) is 10.0 Å². The molecule has 0 saturated heterocycles. The number of benzene rings is 2. The van der Waals surface area contributed by atoms with Gasteiger partial charge in [-0.25, -0.2) is 8.42 Å². The number of rotatable bonds is 5. The molecule has 2 N–H and O–H groups in total. The summed E-state index contributed by atoms with van der Waals surface area (Å²) in [5.74, 6) is 0. The average molecular weight is 325 g/mol. The largest absolute Gasteiger partial charge is 0.383 e. The van der Waals surface area contributed by atoms with Crippen LogP contribution in [0.25, 0.3) is 0 Å². The zero-order valence-corrected chi connectivity index (χ0v) is 13.4. The van der Waals surface area contributed by atoms with Gasteiger partial charge in [0, 0.05) is 22.4 Å². The summed E-state index contributed by atoms with van der Waals surface area (Å²) < 4.78 is 27.0. The zero-order chi connectivity index (χ0) is 15.5. The lowest BCUT2D eigenvalue weighted by molar-refractivity contribution is 0.601. The van der Waals surface area contributed by atoms with E-state index in [9.17, 15) is 8.42 Å². The van der Waals surface area contributed by atoms with Gasteiger partial charge in [-0.1, -0.05) is 17.7 Å². The van der Waals surface area contributed by atoms with Crippen LogP contribution in [0.3, 0.4) is 0 Å². The monoisotopic (exact) mass is 324 g/mol. The first-order chi connectivity index (χ1) is 9.87. The predicted octanol–water partition coefficient (Wildman–Crippen LogP) is 3.96. The molecule has 0 radical (unpaired) electrons. The smallest absolute Gasteiger partial charge is 0.261 e. The van der Waals surface area contributed by atoms with Crippen molar-refractivity contribution < 1.29 is 8.42 Å². The average Bonchev–Trinajstić information content (AvgIpc) is 2.40. The highest BCUT2D eigenvalue weighted by atomic mass is 35.5. The molecule has 0 amide bonds. The minimum Gasteiger partial charge on any atom is -0.383 e. The van der Waals surface area contributed by atoms with Crippen LogP contribution < -0.4 is 10.0 Å². The fourth-order valence-corrected chi connectivity index (χ4v) is 3.18. The second-order valence-electron chi connectivity index (χ2n) is 4.94. The summed E-state index contributed by atoms with van der Waals surface area (Å²) in [6, 6.07) is 13.6. The van der Waals surface area contributed by atoms with Crippen molar-refractivity contribution in [2.24, 2.45) is 0 Å². The Morgan fingerprint density at radius 2 is 1.62 bits per heavy atom. The Balaban J connectivity index is 2.17. The molecule has 0 bridgehead atoms. The summed E-state index contributed by atoms with van der Waals surface area (Å²) in [6.07, 6.45) is 0. The minimum atomic E-state index is -3.63. The highest BCUT2D eigenvalue weighted by molar-refractivity contribution is 7.92.